The molecule has 0 saturated heterocycles. The van der Waals surface area contributed by atoms with E-state index in [2.05, 4.69) is 44.2 Å². The van der Waals surface area contributed by atoms with Crippen LogP contribution in [0.25, 0.3) is 0 Å². The van der Waals surface area contributed by atoms with Crippen LogP contribution in [0.1, 0.15) is 20.3 Å². The van der Waals surface area contributed by atoms with Crippen molar-refractivity contribution in [3.8, 4) is 0 Å². The number of hydrogen-bond acceptors (Lipinski definition) is 0. The normalized spacial score (nSPS) is 23.9. The van der Waals surface area contributed by atoms with Crippen LogP contribution < -0.4 is 0 Å². The molecule has 0 N–H and O–H groups in total. The summed E-state index contributed by atoms with van der Waals surface area (Å²) >= 11 is 5.72. The summed E-state index contributed by atoms with van der Waals surface area (Å²) in [4.78, 5) is 0. The van der Waals surface area contributed by atoms with Crippen molar-refractivity contribution in [1.29, 1.82) is 0 Å². The van der Waals surface area contributed by atoms with Crippen LogP contribution in [0.3, 0.4) is 0 Å². The quantitative estimate of drug-likeness (QED) is 0.600. The number of allylic oxidation sites excluding steroid dienone is 6. The average Bonchev–Trinajstić information content (AvgIpc) is 2.30. The molecule has 0 heterocycles. The third kappa shape index (κ3) is 3.40. The third-order valence-electron chi connectivity index (χ3n) is 2.41. The van der Waals surface area contributed by atoms with E-state index >= 15 is 0 Å². The van der Waals surface area contributed by atoms with Crippen LogP contribution in [-0.4, -0.2) is 5.88 Å². The maximum absolute atomic E-state index is 5.72. The molecule has 0 saturated carbocycles. The van der Waals surface area contributed by atoms with Gasteiger partial charge in [0.1, 0.15) is 0 Å². The van der Waals surface area contributed by atoms with Crippen molar-refractivity contribution in [2.75, 3.05) is 5.88 Å². The van der Waals surface area contributed by atoms with Crippen molar-refractivity contribution in [1.82, 2.24) is 0 Å². The number of hydrogen-bond donors (Lipinski definition) is 0. The summed E-state index contributed by atoms with van der Waals surface area (Å²) in [5, 5.41) is 0. The minimum absolute atomic E-state index is 0.553. The standard InChI is InChI=1S/C12H17Cl/c1-10-4-3-5-12(7-6-10)11(2)8-9-13/h3-7,10-11H,8-9H2,1-2H3. The first-order valence-electron chi connectivity index (χ1n) is 4.86. The first-order chi connectivity index (χ1) is 6.24. The van der Waals surface area contributed by atoms with Crippen molar-refractivity contribution in [3.05, 3.63) is 36.0 Å². The summed E-state index contributed by atoms with van der Waals surface area (Å²) in [6.07, 6.45) is 12.1. The maximum atomic E-state index is 5.72. The Balaban J connectivity index is 2.64. The molecule has 1 heteroatoms. The molecular formula is C12H17Cl. The topological polar surface area (TPSA) is 0 Å². The molecule has 72 valence electrons. The lowest BCUT2D eigenvalue weighted by Crippen LogP contribution is -1.97. The molecule has 13 heavy (non-hydrogen) atoms. The van der Waals surface area contributed by atoms with Crippen LogP contribution in [0.4, 0.5) is 0 Å². The van der Waals surface area contributed by atoms with Gasteiger partial charge in [0, 0.05) is 5.88 Å². The van der Waals surface area contributed by atoms with Gasteiger partial charge in [-0.05, 0) is 23.8 Å². The van der Waals surface area contributed by atoms with Crippen LogP contribution >= 0.6 is 11.6 Å². The third-order valence-corrected chi connectivity index (χ3v) is 2.62. The Hall–Kier alpha value is -0.490. The van der Waals surface area contributed by atoms with Crippen LogP contribution in [0, 0.1) is 11.8 Å². The molecule has 0 bridgehead atoms. The van der Waals surface area contributed by atoms with E-state index in [0.29, 0.717) is 11.8 Å². The summed E-state index contributed by atoms with van der Waals surface area (Å²) in [6, 6.07) is 0. The molecule has 0 aromatic carbocycles. The molecule has 1 rings (SSSR count). The Kier molecular flexibility index (Phi) is 4.31. The largest absolute Gasteiger partial charge is 0.127 e. The Morgan fingerprint density at radius 3 is 2.92 bits per heavy atom. The van der Waals surface area contributed by atoms with Crippen LogP contribution in [0.2, 0.25) is 0 Å². The van der Waals surface area contributed by atoms with E-state index in [-0.39, 0.29) is 0 Å². The molecule has 0 amide bonds. The van der Waals surface area contributed by atoms with Crippen LogP contribution in [0.15, 0.2) is 36.0 Å². The zero-order chi connectivity index (χ0) is 9.68. The highest BCUT2D eigenvalue weighted by molar-refractivity contribution is 6.17. The predicted molar refractivity (Wildman–Crippen MR) is 60.0 cm³/mol. The summed E-state index contributed by atoms with van der Waals surface area (Å²) in [5.74, 6) is 1.87. The Morgan fingerprint density at radius 1 is 1.46 bits per heavy atom. The van der Waals surface area contributed by atoms with Gasteiger partial charge in [0.25, 0.3) is 0 Å². The van der Waals surface area contributed by atoms with Gasteiger partial charge in [0.15, 0.2) is 0 Å². The zero-order valence-corrected chi connectivity index (χ0v) is 9.09. The van der Waals surface area contributed by atoms with Gasteiger partial charge >= 0.3 is 0 Å². The molecule has 0 spiro atoms. The Labute approximate surface area is 86.0 Å². The van der Waals surface area contributed by atoms with E-state index in [0.717, 1.165) is 12.3 Å². The molecule has 0 fully saturated rings. The molecule has 0 aliphatic heterocycles. The van der Waals surface area contributed by atoms with Gasteiger partial charge in [-0.2, -0.15) is 0 Å². The number of halogens is 1. The minimum atomic E-state index is 0.553. The summed E-state index contributed by atoms with van der Waals surface area (Å²) in [7, 11) is 0. The van der Waals surface area contributed by atoms with E-state index in [1.165, 1.54) is 5.57 Å². The van der Waals surface area contributed by atoms with Gasteiger partial charge in [-0.15, -0.1) is 11.6 Å². The number of rotatable bonds is 3. The highest BCUT2D eigenvalue weighted by atomic mass is 35.5. The fourth-order valence-electron chi connectivity index (χ4n) is 1.38. The van der Waals surface area contributed by atoms with Crippen molar-refractivity contribution in [2.24, 2.45) is 11.8 Å². The first-order valence-corrected chi connectivity index (χ1v) is 5.40. The smallest absolute Gasteiger partial charge is 0.0229 e. The molecule has 0 aromatic rings. The summed E-state index contributed by atoms with van der Waals surface area (Å²) in [6.45, 7) is 4.42. The summed E-state index contributed by atoms with van der Waals surface area (Å²) < 4.78 is 0. The summed E-state index contributed by atoms with van der Waals surface area (Å²) in [5.41, 5.74) is 1.39. The van der Waals surface area contributed by atoms with Crippen molar-refractivity contribution in [2.45, 2.75) is 20.3 Å². The van der Waals surface area contributed by atoms with Gasteiger partial charge in [-0.3, -0.25) is 0 Å². The van der Waals surface area contributed by atoms with Gasteiger partial charge in [0.2, 0.25) is 0 Å². The lowest BCUT2D eigenvalue weighted by molar-refractivity contribution is 0.674. The molecule has 1 aliphatic carbocycles. The zero-order valence-electron chi connectivity index (χ0n) is 8.33. The molecule has 2 atom stereocenters. The molecule has 0 nitrogen and oxygen atoms in total. The maximum Gasteiger partial charge on any atom is 0.0229 e. The number of alkyl halides is 1. The van der Waals surface area contributed by atoms with Crippen molar-refractivity contribution >= 4 is 11.6 Å². The second-order valence-electron chi connectivity index (χ2n) is 3.65. The van der Waals surface area contributed by atoms with Gasteiger partial charge in [-0.1, -0.05) is 44.2 Å². The fraction of sp³-hybridized carbons (Fsp3) is 0.500. The minimum Gasteiger partial charge on any atom is -0.127 e. The SMILES string of the molecule is CC1C=CC=C(C(C)CCCl)C=C1. The second-order valence-corrected chi connectivity index (χ2v) is 4.03. The molecular weight excluding hydrogens is 180 g/mol. The molecule has 2 unspecified atom stereocenters. The molecule has 0 radical (unpaired) electrons. The molecule has 0 aromatic heterocycles. The van der Waals surface area contributed by atoms with E-state index in [1.54, 1.807) is 0 Å². The van der Waals surface area contributed by atoms with Gasteiger partial charge in [-0.25, -0.2) is 0 Å². The van der Waals surface area contributed by atoms with Crippen molar-refractivity contribution in [3.63, 3.8) is 0 Å². The van der Waals surface area contributed by atoms with Crippen LogP contribution in [-0.2, 0) is 0 Å². The van der Waals surface area contributed by atoms with Crippen LogP contribution in [0.5, 0.6) is 0 Å². The van der Waals surface area contributed by atoms with Gasteiger partial charge in [0.05, 0.1) is 0 Å². The fourth-order valence-corrected chi connectivity index (χ4v) is 1.71. The Bertz CT molecular complexity index is 236. The second kappa shape index (κ2) is 5.29. The van der Waals surface area contributed by atoms with E-state index in [9.17, 15) is 0 Å². The van der Waals surface area contributed by atoms with E-state index in [1.807, 2.05) is 0 Å². The molecule has 1 aliphatic rings. The lowest BCUT2D eigenvalue weighted by Gasteiger charge is -2.09. The highest BCUT2D eigenvalue weighted by Gasteiger charge is 2.06. The van der Waals surface area contributed by atoms with Gasteiger partial charge < -0.3 is 0 Å². The highest BCUT2D eigenvalue weighted by Crippen LogP contribution is 2.20. The first kappa shape index (κ1) is 10.6. The monoisotopic (exact) mass is 196 g/mol. The lowest BCUT2D eigenvalue weighted by atomic mass is 9.97. The average molecular weight is 197 g/mol. The van der Waals surface area contributed by atoms with Crippen molar-refractivity contribution < 1.29 is 0 Å². The van der Waals surface area contributed by atoms with E-state index < -0.39 is 0 Å². The van der Waals surface area contributed by atoms with E-state index in [4.69, 9.17) is 11.6 Å². The Morgan fingerprint density at radius 2 is 2.23 bits per heavy atom. The predicted octanol–water partition coefficient (Wildman–Crippen LogP) is 3.94.